The van der Waals surface area contributed by atoms with Crippen LogP contribution in [-0.4, -0.2) is 24.6 Å². The average Bonchev–Trinajstić information content (AvgIpc) is 2.77. The molecule has 0 atom stereocenters. The molecule has 0 aliphatic rings. The van der Waals surface area contributed by atoms with Crippen LogP contribution in [0.2, 0.25) is 5.02 Å². The first kappa shape index (κ1) is 22.1. The molecule has 3 aromatic carbocycles. The van der Waals surface area contributed by atoms with Gasteiger partial charge in [-0.05, 0) is 61.4 Å². The van der Waals surface area contributed by atoms with E-state index < -0.39 is 5.91 Å². The predicted octanol–water partition coefficient (Wildman–Crippen LogP) is 5.06. The van der Waals surface area contributed by atoms with Gasteiger partial charge >= 0.3 is 0 Å². The molecule has 0 bridgehead atoms. The van der Waals surface area contributed by atoms with Gasteiger partial charge in [-0.1, -0.05) is 41.9 Å². The Bertz CT molecular complexity index is 1160. The number of ether oxygens (including phenoxy) is 1. The molecule has 0 fully saturated rings. The van der Waals surface area contributed by atoms with Gasteiger partial charge < -0.3 is 10.1 Å². The lowest BCUT2D eigenvalue weighted by Crippen LogP contribution is -2.20. The van der Waals surface area contributed by atoms with E-state index in [-0.39, 0.29) is 11.5 Å². The van der Waals surface area contributed by atoms with Gasteiger partial charge in [0.25, 0.3) is 11.8 Å². The Balaban J connectivity index is 1.74. The third-order valence-corrected chi connectivity index (χ3v) is 4.89. The van der Waals surface area contributed by atoms with Gasteiger partial charge in [0.15, 0.2) is 0 Å². The summed E-state index contributed by atoms with van der Waals surface area (Å²) in [4.78, 5) is 25.1. The SMILES string of the molecule is COc1ccc(Cl)cc1C(=O)NN=C(C)c1cccc(NC(=O)c2ccccc2C)c1. The minimum Gasteiger partial charge on any atom is -0.496 e. The summed E-state index contributed by atoms with van der Waals surface area (Å²) in [6, 6.07) is 19.4. The number of hydrogen-bond acceptors (Lipinski definition) is 4. The van der Waals surface area contributed by atoms with E-state index in [4.69, 9.17) is 16.3 Å². The highest BCUT2D eigenvalue weighted by Gasteiger charge is 2.13. The normalized spacial score (nSPS) is 11.0. The third kappa shape index (κ3) is 5.49. The number of nitrogens with zero attached hydrogens (tertiary/aromatic N) is 1. The third-order valence-electron chi connectivity index (χ3n) is 4.66. The maximum Gasteiger partial charge on any atom is 0.275 e. The number of halogens is 1. The van der Waals surface area contributed by atoms with Crippen LogP contribution in [0.3, 0.4) is 0 Å². The zero-order valence-corrected chi connectivity index (χ0v) is 18.2. The molecule has 0 aromatic heterocycles. The number of rotatable bonds is 6. The number of carbonyl (C=O) groups is 2. The van der Waals surface area contributed by atoms with Crippen LogP contribution in [0.15, 0.2) is 71.8 Å². The van der Waals surface area contributed by atoms with Crippen LogP contribution in [0.4, 0.5) is 5.69 Å². The minimum absolute atomic E-state index is 0.189. The van der Waals surface area contributed by atoms with Crippen molar-refractivity contribution in [2.45, 2.75) is 13.8 Å². The van der Waals surface area contributed by atoms with Gasteiger partial charge in [0.2, 0.25) is 0 Å². The summed E-state index contributed by atoms with van der Waals surface area (Å²) in [6.07, 6.45) is 0. The molecule has 2 N–H and O–H groups in total. The molecule has 0 aliphatic heterocycles. The number of hydrazone groups is 1. The molecule has 0 radical (unpaired) electrons. The van der Waals surface area contributed by atoms with Crippen molar-refractivity contribution in [2.24, 2.45) is 5.10 Å². The molecule has 0 saturated heterocycles. The zero-order valence-electron chi connectivity index (χ0n) is 17.4. The zero-order chi connectivity index (χ0) is 22.4. The maximum absolute atomic E-state index is 12.6. The molecule has 0 heterocycles. The Labute approximate surface area is 185 Å². The number of carbonyl (C=O) groups excluding carboxylic acids is 2. The second-order valence-corrected chi connectivity index (χ2v) is 7.27. The lowest BCUT2D eigenvalue weighted by Gasteiger charge is -2.10. The van der Waals surface area contributed by atoms with Crippen LogP contribution in [0.1, 0.15) is 38.8 Å². The first-order valence-electron chi connectivity index (χ1n) is 9.54. The highest BCUT2D eigenvalue weighted by atomic mass is 35.5. The Kier molecular flexibility index (Phi) is 7.05. The van der Waals surface area contributed by atoms with Crippen molar-refractivity contribution in [1.82, 2.24) is 5.43 Å². The molecule has 31 heavy (non-hydrogen) atoms. The van der Waals surface area contributed by atoms with E-state index in [0.29, 0.717) is 27.7 Å². The Morgan fingerprint density at radius 1 is 0.935 bits per heavy atom. The summed E-state index contributed by atoms with van der Waals surface area (Å²) in [6.45, 7) is 3.65. The number of nitrogens with one attached hydrogen (secondary N) is 2. The van der Waals surface area contributed by atoms with E-state index in [0.717, 1.165) is 11.1 Å². The number of methoxy groups -OCH3 is 1. The van der Waals surface area contributed by atoms with Crippen LogP contribution < -0.4 is 15.5 Å². The lowest BCUT2D eigenvalue weighted by molar-refractivity contribution is 0.0951. The van der Waals surface area contributed by atoms with E-state index in [1.54, 1.807) is 37.3 Å². The fraction of sp³-hybridized carbons (Fsp3) is 0.125. The average molecular weight is 436 g/mol. The number of hydrogen-bond donors (Lipinski definition) is 2. The summed E-state index contributed by atoms with van der Waals surface area (Å²) in [7, 11) is 1.48. The molecule has 3 rings (SSSR count). The highest BCUT2D eigenvalue weighted by molar-refractivity contribution is 6.31. The van der Waals surface area contributed by atoms with E-state index in [1.807, 2.05) is 37.3 Å². The van der Waals surface area contributed by atoms with Gasteiger partial charge in [0.05, 0.1) is 18.4 Å². The van der Waals surface area contributed by atoms with Gasteiger partial charge in [0, 0.05) is 16.3 Å². The standard InChI is InChI=1S/C24H22ClN3O3/c1-15-7-4-5-10-20(15)23(29)26-19-9-6-8-17(13-19)16(2)27-28-24(30)21-14-18(25)11-12-22(21)31-3/h4-14H,1-3H3,(H,26,29)(H,28,30). The summed E-state index contributed by atoms with van der Waals surface area (Å²) >= 11 is 5.98. The maximum atomic E-state index is 12.6. The van der Waals surface area contributed by atoms with E-state index in [1.165, 1.54) is 13.2 Å². The van der Waals surface area contributed by atoms with Gasteiger partial charge in [0.1, 0.15) is 5.75 Å². The van der Waals surface area contributed by atoms with E-state index in [2.05, 4.69) is 15.8 Å². The van der Waals surface area contributed by atoms with Gasteiger partial charge in [-0.2, -0.15) is 5.10 Å². The predicted molar refractivity (Wildman–Crippen MR) is 123 cm³/mol. The number of anilines is 1. The quantitative estimate of drug-likeness (QED) is 0.419. The molecule has 158 valence electrons. The van der Waals surface area contributed by atoms with Gasteiger partial charge in [-0.3, -0.25) is 9.59 Å². The molecule has 3 aromatic rings. The van der Waals surface area contributed by atoms with Crippen LogP contribution in [0.25, 0.3) is 0 Å². The largest absolute Gasteiger partial charge is 0.496 e. The molecular weight excluding hydrogens is 414 g/mol. The topological polar surface area (TPSA) is 79.8 Å². The van der Waals surface area contributed by atoms with Crippen molar-refractivity contribution < 1.29 is 14.3 Å². The van der Waals surface area contributed by atoms with Gasteiger partial charge in [-0.15, -0.1) is 0 Å². The number of amides is 2. The Morgan fingerprint density at radius 2 is 1.71 bits per heavy atom. The monoisotopic (exact) mass is 435 g/mol. The van der Waals surface area contributed by atoms with Crippen molar-refractivity contribution in [1.29, 1.82) is 0 Å². The second-order valence-electron chi connectivity index (χ2n) is 6.83. The number of aryl methyl sites for hydroxylation is 1. The summed E-state index contributed by atoms with van der Waals surface area (Å²) < 4.78 is 5.20. The summed E-state index contributed by atoms with van der Waals surface area (Å²) in [5.74, 6) is -0.232. The molecule has 0 saturated carbocycles. The first-order valence-corrected chi connectivity index (χ1v) is 9.92. The molecule has 6 nitrogen and oxygen atoms in total. The highest BCUT2D eigenvalue weighted by Crippen LogP contribution is 2.22. The fourth-order valence-electron chi connectivity index (χ4n) is 2.97. The lowest BCUT2D eigenvalue weighted by atomic mass is 10.1. The molecule has 7 heteroatoms. The van der Waals surface area contributed by atoms with E-state index in [9.17, 15) is 9.59 Å². The van der Waals surface area contributed by atoms with Crippen LogP contribution in [0.5, 0.6) is 5.75 Å². The fourth-order valence-corrected chi connectivity index (χ4v) is 3.14. The Hall–Kier alpha value is -3.64. The van der Waals surface area contributed by atoms with Crippen LogP contribution >= 0.6 is 11.6 Å². The van der Waals surface area contributed by atoms with Gasteiger partial charge in [-0.25, -0.2) is 5.43 Å². The molecule has 2 amide bonds. The van der Waals surface area contributed by atoms with Crippen molar-refractivity contribution in [2.75, 3.05) is 12.4 Å². The molecule has 0 aliphatic carbocycles. The second kappa shape index (κ2) is 9.91. The minimum atomic E-state index is -0.442. The molecular formula is C24H22ClN3O3. The van der Waals surface area contributed by atoms with Crippen LogP contribution in [-0.2, 0) is 0 Å². The molecule has 0 unspecified atom stereocenters. The van der Waals surface area contributed by atoms with Crippen molar-refractivity contribution in [3.05, 3.63) is 94.0 Å². The molecule has 0 spiro atoms. The first-order chi connectivity index (χ1) is 14.9. The van der Waals surface area contributed by atoms with Crippen molar-refractivity contribution in [3.63, 3.8) is 0 Å². The summed E-state index contributed by atoms with van der Waals surface area (Å²) in [5.41, 5.74) is 6.26. The smallest absolute Gasteiger partial charge is 0.275 e. The van der Waals surface area contributed by atoms with Crippen molar-refractivity contribution >= 4 is 34.8 Å². The Morgan fingerprint density at radius 3 is 2.45 bits per heavy atom. The summed E-state index contributed by atoms with van der Waals surface area (Å²) in [5, 5.41) is 7.49. The number of benzene rings is 3. The van der Waals surface area contributed by atoms with Crippen molar-refractivity contribution in [3.8, 4) is 5.75 Å². The van der Waals surface area contributed by atoms with E-state index >= 15 is 0 Å². The van der Waals surface area contributed by atoms with Crippen LogP contribution in [0, 0.1) is 6.92 Å².